The summed E-state index contributed by atoms with van der Waals surface area (Å²) in [6.07, 6.45) is 41.8. The minimum absolute atomic E-state index is 0.105. The molecule has 528 valence electrons. The first kappa shape index (κ1) is 87.1. The molecule has 0 aliphatic heterocycles. The molecule has 19 heteroatoms. The molecule has 0 saturated heterocycles. The van der Waals surface area contributed by atoms with Crippen molar-refractivity contribution in [1.82, 2.24) is 0 Å². The Balaban J connectivity index is 5.23. The normalized spacial score (nSPS) is 14.3. The molecule has 3 N–H and O–H groups in total. The van der Waals surface area contributed by atoms with Gasteiger partial charge in [-0.05, 0) is 49.4 Å². The molecule has 0 spiro atoms. The summed E-state index contributed by atoms with van der Waals surface area (Å²) in [5, 5.41) is 10.6. The third-order valence-electron chi connectivity index (χ3n) is 16.1. The van der Waals surface area contributed by atoms with E-state index in [4.69, 9.17) is 37.0 Å². The van der Waals surface area contributed by atoms with Gasteiger partial charge in [-0.25, -0.2) is 9.13 Å². The quantitative estimate of drug-likeness (QED) is 0.0222. The summed E-state index contributed by atoms with van der Waals surface area (Å²) < 4.78 is 68.2. The fourth-order valence-electron chi connectivity index (χ4n) is 10.5. The second-order valence-corrected chi connectivity index (χ2v) is 30.1. The molecule has 0 aliphatic carbocycles. The highest BCUT2D eigenvalue weighted by atomic mass is 31.2. The number of aliphatic hydroxyl groups is 1. The topological polar surface area (TPSA) is 237 Å². The van der Waals surface area contributed by atoms with E-state index in [9.17, 15) is 43.2 Å². The molecular formula is C70H136O17P2. The fourth-order valence-corrected chi connectivity index (χ4v) is 12.1. The van der Waals surface area contributed by atoms with E-state index in [1.54, 1.807) is 0 Å². The van der Waals surface area contributed by atoms with E-state index >= 15 is 0 Å². The Bertz CT molecular complexity index is 1760. The molecule has 0 heterocycles. The molecule has 0 saturated carbocycles. The number of phosphoric acid groups is 2. The van der Waals surface area contributed by atoms with Crippen LogP contribution in [0.5, 0.6) is 0 Å². The number of hydrogen-bond donors (Lipinski definition) is 3. The Kier molecular flexibility index (Phi) is 58.5. The fraction of sp³-hybridized carbons (Fsp3) is 0.943. The van der Waals surface area contributed by atoms with Crippen LogP contribution in [0.3, 0.4) is 0 Å². The standard InChI is InChI=1S/C70H136O17P2/c1-60(2)46-38-30-22-16-12-10-9-11-13-18-26-36-44-52-69(74)87-66(57-81-68(73)51-43-35-29-28-33-41-49-63(7)8)59-85-89(78,79)83-55-64(71)54-82-88(76,77)84-58-65(56-80-67(72)50-42-34-25-21-20-24-32-40-48-62(5)6)86-70(75)53-45-37-27-19-15-14-17-23-31-39-47-61(3)4/h60-66,71H,9-59H2,1-8H3,(H,76,77)(H,78,79)/t64?,65-,66-/m1/s1. The molecule has 0 aromatic rings. The van der Waals surface area contributed by atoms with Gasteiger partial charge in [-0.1, -0.05) is 293 Å². The lowest BCUT2D eigenvalue weighted by molar-refractivity contribution is -0.161. The van der Waals surface area contributed by atoms with Crippen molar-refractivity contribution in [2.45, 2.75) is 363 Å². The minimum Gasteiger partial charge on any atom is -0.462 e. The zero-order chi connectivity index (χ0) is 66.1. The van der Waals surface area contributed by atoms with Crippen molar-refractivity contribution in [1.29, 1.82) is 0 Å². The first-order valence-electron chi connectivity index (χ1n) is 36.2. The molecule has 0 rings (SSSR count). The van der Waals surface area contributed by atoms with Gasteiger partial charge in [0.25, 0.3) is 0 Å². The van der Waals surface area contributed by atoms with E-state index < -0.39 is 97.5 Å². The van der Waals surface area contributed by atoms with Gasteiger partial charge in [-0.3, -0.25) is 37.3 Å². The van der Waals surface area contributed by atoms with Gasteiger partial charge in [0.15, 0.2) is 12.2 Å². The monoisotopic (exact) mass is 1310 g/mol. The Hall–Kier alpha value is -1.94. The molecule has 5 atom stereocenters. The van der Waals surface area contributed by atoms with Crippen LogP contribution < -0.4 is 0 Å². The van der Waals surface area contributed by atoms with Gasteiger partial charge in [-0.2, -0.15) is 0 Å². The maximum absolute atomic E-state index is 13.0. The van der Waals surface area contributed by atoms with Crippen LogP contribution in [0.4, 0.5) is 0 Å². The van der Waals surface area contributed by atoms with Gasteiger partial charge in [0.1, 0.15) is 19.3 Å². The van der Waals surface area contributed by atoms with Crippen LogP contribution in [-0.4, -0.2) is 96.7 Å². The van der Waals surface area contributed by atoms with Crippen molar-refractivity contribution in [3.8, 4) is 0 Å². The van der Waals surface area contributed by atoms with Crippen molar-refractivity contribution in [3.05, 3.63) is 0 Å². The molecule has 17 nitrogen and oxygen atoms in total. The van der Waals surface area contributed by atoms with Crippen molar-refractivity contribution < 1.29 is 80.2 Å². The van der Waals surface area contributed by atoms with E-state index in [1.807, 2.05) is 0 Å². The maximum atomic E-state index is 13.0. The molecule has 89 heavy (non-hydrogen) atoms. The number of carbonyl (C=O) groups excluding carboxylic acids is 4. The van der Waals surface area contributed by atoms with Crippen LogP contribution in [0.25, 0.3) is 0 Å². The van der Waals surface area contributed by atoms with Gasteiger partial charge in [0, 0.05) is 25.7 Å². The number of esters is 4. The smallest absolute Gasteiger partial charge is 0.462 e. The van der Waals surface area contributed by atoms with Crippen molar-refractivity contribution >= 4 is 39.5 Å². The lowest BCUT2D eigenvalue weighted by Crippen LogP contribution is -2.30. The van der Waals surface area contributed by atoms with Crippen molar-refractivity contribution in [2.75, 3.05) is 39.6 Å². The highest BCUT2D eigenvalue weighted by molar-refractivity contribution is 7.47. The van der Waals surface area contributed by atoms with Crippen LogP contribution in [-0.2, 0) is 65.4 Å². The molecule has 0 radical (unpaired) electrons. The molecule has 0 aliphatic rings. The van der Waals surface area contributed by atoms with E-state index in [1.165, 1.54) is 141 Å². The summed E-state index contributed by atoms with van der Waals surface area (Å²) >= 11 is 0. The maximum Gasteiger partial charge on any atom is 0.472 e. The summed E-state index contributed by atoms with van der Waals surface area (Å²) in [5.74, 6) is 0.813. The van der Waals surface area contributed by atoms with E-state index in [0.717, 1.165) is 114 Å². The number of ether oxygens (including phenoxy) is 4. The minimum atomic E-state index is -4.95. The third kappa shape index (κ3) is 64.6. The molecule has 0 aromatic carbocycles. The Morgan fingerprint density at radius 3 is 0.697 bits per heavy atom. The average Bonchev–Trinajstić information content (AvgIpc) is 3.68. The van der Waals surface area contributed by atoms with Crippen molar-refractivity contribution in [2.24, 2.45) is 23.7 Å². The van der Waals surface area contributed by atoms with Crippen molar-refractivity contribution in [3.63, 3.8) is 0 Å². The predicted molar refractivity (Wildman–Crippen MR) is 358 cm³/mol. The van der Waals surface area contributed by atoms with Gasteiger partial charge in [-0.15, -0.1) is 0 Å². The number of carbonyl (C=O) groups is 4. The molecule has 0 amide bonds. The SMILES string of the molecule is CC(C)CCCCCCCCCCCCCCCC(=O)O[C@H](COC(=O)CCCCCCCCC(C)C)COP(=O)(O)OCC(O)COP(=O)(O)OC[C@@H](COC(=O)CCCCCCCCCCC(C)C)OC(=O)CCCCCCCCCCCCC(C)C. The number of hydrogen-bond acceptors (Lipinski definition) is 15. The zero-order valence-electron chi connectivity index (χ0n) is 58.1. The Labute approximate surface area is 543 Å². The van der Waals surface area contributed by atoms with Crippen LogP contribution >= 0.6 is 15.6 Å². The summed E-state index contributed by atoms with van der Waals surface area (Å²) in [7, 11) is -9.90. The van der Waals surface area contributed by atoms with E-state index in [-0.39, 0.29) is 25.7 Å². The Morgan fingerprint density at radius 1 is 0.281 bits per heavy atom. The van der Waals surface area contributed by atoms with Gasteiger partial charge in [0.05, 0.1) is 26.4 Å². The van der Waals surface area contributed by atoms with Crippen LogP contribution in [0.15, 0.2) is 0 Å². The second kappa shape index (κ2) is 59.8. The second-order valence-electron chi connectivity index (χ2n) is 27.2. The summed E-state index contributed by atoms with van der Waals surface area (Å²) in [5.41, 5.74) is 0. The molecule has 3 unspecified atom stereocenters. The molecule has 0 bridgehead atoms. The summed E-state index contributed by atoms with van der Waals surface area (Å²) in [6.45, 7) is 14.0. The van der Waals surface area contributed by atoms with Crippen LogP contribution in [0.2, 0.25) is 0 Å². The van der Waals surface area contributed by atoms with E-state index in [2.05, 4.69) is 55.4 Å². The van der Waals surface area contributed by atoms with Gasteiger partial charge >= 0.3 is 39.5 Å². The largest absolute Gasteiger partial charge is 0.472 e. The number of unbranched alkanes of at least 4 members (excludes halogenated alkanes) is 33. The third-order valence-corrected chi connectivity index (χ3v) is 18.0. The lowest BCUT2D eigenvalue weighted by atomic mass is 10.0. The summed E-state index contributed by atoms with van der Waals surface area (Å²) in [6, 6.07) is 0. The highest BCUT2D eigenvalue weighted by Crippen LogP contribution is 2.45. The number of aliphatic hydroxyl groups excluding tert-OH is 1. The first-order chi connectivity index (χ1) is 42.6. The summed E-state index contributed by atoms with van der Waals surface area (Å²) in [4.78, 5) is 72.5. The highest BCUT2D eigenvalue weighted by Gasteiger charge is 2.30. The Morgan fingerprint density at radius 2 is 0.472 bits per heavy atom. The van der Waals surface area contributed by atoms with Crippen LogP contribution in [0, 0.1) is 23.7 Å². The van der Waals surface area contributed by atoms with E-state index in [0.29, 0.717) is 31.6 Å². The molecular weight excluding hydrogens is 1170 g/mol. The lowest BCUT2D eigenvalue weighted by Gasteiger charge is -2.21. The van der Waals surface area contributed by atoms with Gasteiger partial charge in [0.2, 0.25) is 0 Å². The first-order valence-corrected chi connectivity index (χ1v) is 39.2. The predicted octanol–water partition coefficient (Wildman–Crippen LogP) is 19.7. The number of phosphoric ester groups is 2. The molecule has 0 aromatic heterocycles. The number of rotatable bonds is 67. The van der Waals surface area contributed by atoms with Gasteiger partial charge < -0.3 is 33.8 Å². The molecule has 0 fully saturated rings. The van der Waals surface area contributed by atoms with Crippen LogP contribution in [0.1, 0.15) is 344 Å². The zero-order valence-corrected chi connectivity index (χ0v) is 59.8. The average molecular weight is 1310 g/mol.